The van der Waals surface area contributed by atoms with Gasteiger partial charge in [-0.25, -0.2) is 13.2 Å². The Morgan fingerprint density at radius 1 is 1.13 bits per heavy atom. The number of halogens is 1. The van der Waals surface area contributed by atoms with Gasteiger partial charge in [-0.15, -0.1) is 0 Å². The average Bonchev–Trinajstić information content (AvgIpc) is 2.74. The van der Waals surface area contributed by atoms with Gasteiger partial charge < -0.3 is 14.8 Å². The number of nitrogens with zero attached hydrogens (tertiary/aromatic N) is 1. The van der Waals surface area contributed by atoms with E-state index in [1.165, 1.54) is 30.5 Å². The number of rotatable bonds is 9. The van der Waals surface area contributed by atoms with Gasteiger partial charge in [-0.1, -0.05) is 37.6 Å². The fraction of sp³-hybridized carbons (Fsp3) is 0.333. The standard InChI is InChI=1S/C21H25ClN2O6S/c1-5-24(6-2)31(27,28)15-11-12-17(22)16(13-15)21(26)30-14(3)20(25)23-18-9-7-8-10-19(18)29-4/h7-14H,5-6H2,1-4H3,(H,23,25)/t14-/m0/s1. The van der Waals surface area contributed by atoms with E-state index in [1.807, 2.05) is 0 Å². The Balaban J connectivity index is 2.20. The quantitative estimate of drug-likeness (QED) is 0.564. The molecule has 0 aliphatic heterocycles. The Morgan fingerprint density at radius 2 is 1.77 bits per heavy atom. The van der Waals surface area contributed by atoms with Crippen LogP contribution < -0.4 is 10.1 Å². The lowest BCUT2D eigenvalue weighted by Gasteiger charge is -2.19. The van der Waals surface area contributed by atoms with Crippen LogP contribution in [0.4, 0.5) is 5.69 Å². The molecule has 8 nitrogen and oxygen atoms in total. The number of amides is 1. The number of para-hydroxylation sites is 2. The van der Waals surface area contributed by atoms with Crippen LogP contribution in [0.2, 0.25) is 5.02 Å². The number of hydrogen-bond donors (Lipinski definition) is 1. The summed E-state index contributed by atoms with van der Waals surface area (Å²) in [6.07, 6.45) is -1.17. The molecule has 2 aromatic rings. The van der Waals surface area contributed by atoms with Gasteiger partial charge in [0.1, 0.15) is 5.75 Å². The van der Waals surface area contributed by atoms with Crippen LogP contribution >= 0.6 is 11.6 Å². The van der Waals surface area contributed by atoms with Crippen molar-refractivity contribution in [3.8, 4) is 5.75 Å². The molecule has 0 saturated carbocycles. The predicted molar refractivity (Wildman–Crippen MR) is 118 cm³/mol. The van der Waals surface area contributed by atoms with Crippen molar-refractivity contribution in [3.05, 3.63) is 53.1 Å². The van der Waals surface area contributed by atoms with Crippen molar-refractivity contribution in [1.29, 1.82) is 0 Å². The molecule has 0 unspecified atom stereocenters. The van der Waals surface area contributed by atoms with E-state index in [4.69, 9.17) is 21.1 Å². The number of benzene rings is 2. The minimum absolute atomic E-state index is 0.0147. The van der Waals surface area contributed by atoms with Gasteiger partial charge >= 0.3 is 5.97 Å². The summed E-state index contributed by atoms with van der Waals surface area (Å²) in [6, 6.07) is 10.6. The summed E-state index contributed by atoms with van der Waals surface area (Å²) in [5.41, 5.74) is 0.273. The molecular formula is C21H25ClN2O6S. The minimum Gasteiger partial charge on any atom is -0.495 e. The minimum atomic E-state index is -3.79. The van der Waals surface area contributed by atoms with Gasteiger partial charge in [0, 0.05) is 13.1 Å². The molecule has 0 bridgehead atoms. The van der Waals surface area contributed by atoms with Crippen molar-refractivity contribution < 1.29 is 27.5 Å². The summed E-state index contributed by atoms with van der Waals surface area (Å²) in [6.45, 7) is 5.39. The molecule has 0 spiro atoms. The molecule has 10 heteroatoms. The lowest BCUT2D eigenvalue weighted by atomic mass is 10.2. The molecule has 168 valence electrons. The fourth-order valence-electron chi connectivity index (χ4n) is 2.79. The second-order valence-corrected chi connectivity index (χ2v) is 8.81. The molecule has 1 atom stereocenters. The maximum absolute atomic E-state index is 12.7. The van der Waals surface area contributed by atoms with Crippen molar-refractivity contribution in [2.24, 2.45) is 0 Å². The first-order chi connectivity index (χ1) is 14.6. The van der Waals surface area contributed by atoms with Crippen molar-refractivity contribution in [1.82, 2.24) is 4.31 Å². The number of methoxy groups -OCH3 is 1. The van der Waals surface area contributed by atoms with Crippen LogP contribution in [0.15, 0.2) is 47.4 Å². The zero-order chi connectivity index (χ0) is 23.2. The molecule has 0 aliphatic carbocycles. The first kappa shape index (κ1) is 24.6. The van der Waals surface area contributed by atoms with Crippen molar-refractivity contribution >= 4 is 39.2 Å². The van der Waals surface area contributed by atoms with Crippen molar-refractivity contribution in [2.75, 3.05) is 25.5 Å². The van der Waals surface area contributed by atoms with Crippen LogP contribution in [0.5, 0.6) is 5.75 Å². The van der Waals surface area contributed by atoms with E-state index >= 15 is 0 Å². The number of carbonyl (C=O) groups is 2. The number of nitrogens with one attached hydrogen (secondary N) is 1. The summed E-state index contributed by atoms with van der Waals surface area (Å²) in [7, 11) is -2.33. The van der Waals surface area contributed by atoms with Crippen LogP contribution in [0.1, 0.15) is 31.1 Å². The summed E-state index contributed by atoms with van der Waals surface area (Å²) in [4.78, 5) is 25.0. The predicted octanol–water partition coefficient (Wildman–Crippen LogP) is 3.56. The molecule has 2 aromatic carbocycles. The van der Waals surface area contributed by atoms with Crippen LogP contribution in [-0.2, 0) is 19.6 Å². The molecule has 0 saturated heterocycles. The smallest absolute Gasteiger partial charge is 0.340 e. The van der Waals surface area contributed by atoms with Gasteiger partial charge in [0.15, 0.2) is 6.10 Å². The Bertz CT molecular complexity index is 1050. The molecule has 0 heterocycles. The fourth-order valence-corrected chi connectivity index (χ4v) is 4.47. The SMILES string of the molecule is CCN(CC)S(=O)(=O)c1ccc(Cl)c(C(=O)O[C@@H](C)C(=O)Nc2ccccc2OC)c1. The van der Waals surface area contributed by atoms with E-state index in [9.17, 15) is 18.0 Å². The lowest BCUT2D eigenvalue weighted by Crippen LogP contribution is -2.31. The van der Waals surface area contributed by atoms with Crippen molar-refractivity contribution in [3.63, 3.8) is 0 Å². The number of anilines is 1. The van der Waals surface area contributed by atoms with Gasteiger partial charge in [-0.3, -0.25) is 4.79 Å². The van der Waals surface area contributed by atoms with Gasteiger partial charge in [-0.05, 0) is 37.3 Å². The second kappa shape index (κ2) is 10.6. The summed E-state index contributed by atoms with van der Waals surface area (Å²) in [5.74, 6) is -1.04. The maximum atomic E-state index is 12.7. The van der Waals surface area contributed by atoms with Gasteiger partial charge in [-0.2, -0.15) is 4.31 Å². The molecule has 0 aromatic heterocycles. The largest absolute Gasteiger partial charge is 0.495 e. The molecule has 0 aliphatic rings. The van der Waals surface area contributed by atoms with E-state index in [0.717, 1.165) is 6.07 Å². The normalized spacial score (nSPS) is 12.3. The third-order valence-electron chi connectivity index (χ3n) is 4.52. The molecule has 31 heavy (non-hydrogen) atoms. The second-order valence-electron chi connectivity index (χ2n) is 6.47. The average molecular weight is 469 g/mol. The Hall–Kier alpha value is -2.62. The van der Waals surface area contributed by atoms with Crippen LogP contribution in [0.25, 0.3) is 0 Å². The first-order valence-electron chi connectivity index (χ1n) is 9.60. The summed E-state index contributed by atoms with van der Waals surface area (Å²) in [5, 5.41) is 2.64. The number of ether oxygens (including phenoxy) is 2. The van der Waals surface area contributed by atoms with E-state index < -0.39 is 28.0 Å². The maximum Gasteiger partial charge on any atom is 0.340 e. The van der Waals surface area contributed by atoms with Crippen LogP contribution in [0.3, 0.4) is 0 Å². The van der Waals surface area contributed by atoms with E-state index in [-0.39, 0.29) is 28.6 Å². The first-order valence-corrected chi connectivity index (χ1v) is 11.4. The zero-order valence-electron chi connectivity index (χ0n) is 17.7. The Morgan fingerprint density at radius 3 is 2.39 bits per heavy atom. The van der Waals surface area contributed by atoms with Crippen molar-refractivity contribution in [2.45, 2.75) is 31.8 Å². The molecule has 1 N–H and O–H groups in total. The molecule has 0 radical (unpaired) electrons. The van der Waals surface area contributed by atoms with Crippen LogP contribution in [-0.4, -0.2) is 50.9 Å². The number of carbonyl (C=O) groups excluding carboxylic acids is 2. The summed E-state index contributed by atoms with van der Waals surface area (Å²) >= 11 is 6.09. The van der Waals surface area contributed by atoms with E-state index in [2.05, 4.69) is 5.32 Å². The Kier molecular flexibility index (Phi) is 8.43. The van der Waals surface area contributed by atoms with E-state index in [0.29, 0.717) is 11.4 Å². The molecule has 2 rings (SSSR count). The monoisotopic (exact) mass is 468 g/mol. The highest BCUT2D eigenvalue weighted by atomic mass is 35.5. The highest BCUT2D eigenvalue weighted by molar-refractivity contribution is 7.89. The number of sulfonamides is 1. The molecule has 1 amide bonds. The number of esters is 1. The zero-order valence-corrected chi connectivity index (χ0v) is 19.3. The van der Waals surface area contributed by atoms with Crippen LogP contribution in [0, 0.1) is 0 Å². The van der Waals surface area contributed by atoms with Gasteiger partial charge in [0.05, 0.1) is 28.3 Å². The third kappa shape index (κ3) is 5.75. The van der Waals surface area contributed by atoms with Gasteiger partial charge in [0.25, 0.3) is 5.91 Å². The lowest BCUT2D eigenvalue weighted by molar-refractivity contribution is -0.123. The number of hydrogen-bond acceptors (Lipinski definition) is 6. The molecular weight excluding hydrogens is 444 g/mol. The third-order valence-corrected chi connectivity index (χ3v) is 6.89. The van der Waals surface area contributed by atoms with E-state index in [1.54, 1.807) is 38.1 Å². The Labute approximate surface area is 187 Å². The van der Waals surface area contributed by atoms with Gasteiger partial charge in [0.2, 0.25) is 10.0 Å². The topological polar surface area (TPSA) is 102 Å². The summed E-state index contributed by atoms with van der Waals surface area (Å²) < 4.78 is 37.1. The molecule has 0 fully saturated rings. The highest BCUT2D eigenvalue weighted by Gasteiger charge is 2.26. The highest BCUT2D eigenvalue weighted by Crippen LogP contribution is 2.25.